The molecule has 0 radical (unpaired) electrons. The smallest absolute Gasteiger partial charge is 0.305 e. The van der Waals surface area contributed by atoms with Crippen LogP contribution in [0.2, 0.25) is 10.0 Å². The van der Waals surface area contributed by atoms with Crippen LogP contribution in [-0.4, -0.2) is 69.9 Å². The lowest BCUT2D eigenvalue weighted by Gasteiger charge is -2.20. The average Bonchev–Trinajstić information content (AvgIpc) is 2.80. The number of β-amino-alcohol motifs (C(OH)–C–C–N with tert-alkyl or cyclic N) is 1. The Morgan fingerprint density at radius 3 is 2.56 bits per heavy atom. The second-order valence-corrected chi connectivity index (χ2v) is 8.69. The van der Waals surface area contributed by atoms with Crippen LogP contribution in [0.5, 0.6) is 11.5 Å². The van der Waals surface area contributed by atoms with Crippen molar-refractivity contribution in [2.75, 3.05) is 25.0 Å². The summed E-state index contributed by atoms with van der Waals surface area (Å²) in [5, 5.41) is 49.5. The van der Waals surface area contributed by atoms with E-state index in [4.69, 9.17) is 23.2 Å². The number of carbonyl (C=O) groups excluding carboxylic acids is 2. The van der Waals surface area contributed by atoms with Crippen LogP contribution in [0.25, 0.3) is 0 Å². The van der Waals surface area contributed by atoms with Crippen molar-refractivity contribution in [2.45, 2.75) is 18.6 Å². The van der Waals surface area contributed by atoms with Crippen LogP contribution >= 0.6 is 23.2 Å². The largest absolute Gasteiger partial charge is 0.508 e. The van der Waals surface area contributed by atoms with Crippen molar-refractivity contribution < 1.29 is 34.8 Å². The van der Waals surface area contributed by atoms with Crippen molar-refractivity contribution in [1.82, 2.24) is 16.0 Å². The van der Waals surface area contributed by atoms with Gasteiger partial charge in [0.05, 0.1) is 36.7 Å². The topological polar surface area (TPSA) is 193 Å². The molecule has 12 nitrogen and oxygen atoms in total. The zero-order chi connectivity index (χ0) is 26.4. The molecule has 0 aromatic heterocycles. The third kappa shape index (κ3) is 7.38. The number of amides is 2. The first kappa shape index (κ1) is 26.9. The summed E-state index contributed by atoms with van der Waals surface area (Å²) in [6, 6.07) is 5.34. The number of carboxylic acid groups (broad SMARTS) is 1. The Morgan fingerprint density at radius 2 is 1.89 bits per heavy atom. The van der Waals surface area contributed by atoms with Crippen molar-refractivity contribution in [2.24, 2.45) is 4.99 Å². The molecule has 1 aliphatic heterocycles. The number of aliphatic imine (C=N–C) groups is 1. The number of aliphatic carboxylic acids is 1. The zero-order valence-corrected chi connectivity index (χ0v) is 20.1. The Bertz CT molecular complexity index is 1210. The molecule has 0 saturated carbocycles. The number of phenols is 2. The molecule has 1 aliphatic rings. The number of aliphatic hydroxyl groups excluding tert-OH is 1. The van der Waals surface area contributed by atoms with Gasteiger partial charge in [0.15, 0.2) is 5.96 Å². The maximum atomic E-state index is 12.6. The number of carboxylic acids is 1. The van der Waals surface area contributed by atoms with Crippen molar-refractivity contribution in [3.63, 3.8) is 0 Å². The molecule has 192 valence electrons. The molecule has 14 heteroatoms. The number of aromatic hydroxyl groups is 2. The van der Waals surface area contributed by atoms with Crippen LogP contribution in [-0.2, 0) is 9.59 Å². The number of hydrogen-bond donors (Lipinski definition) is 8. The van der Waals surface area contributed by atoms with Gasteiger partial charge in [0.2, 0.25) is 5.91 Å². The van der Waals surface area contributed by atoms with Crippen molar-refractivity contribution >= 4 is 52.6 Å². The van der Waals surface area contributed by atoms with E-state index in [2.05, 4.69) is 26.3 Å². The maximum Gasteiger partial charge on any atom is 0.305 e. The second kappa shape index (κ2) is 11.8. The quantitative estimate of drug-likeness (QED) is 0.243. The first-order chi connectivity index (χ1) is 17.0. The molecule has 2 aromatic rings. The van der Waals surface area contributed by atoms with E-state index in [1.807, 2.05) is 0 Å². The Labute approximate surface area is 214 Å². The van der Waals surface area contributed by atoms with Crippen LogP contribution in [0.4, 0.5) is 5.69 Å². The third-order valence-electron chi connectivity index (χ3n) is 4.96. The molecule has 0 saturated heterocycles. The van der Waals surface area contributed by atoms with Gasteiger partial charge in [-0.15, -0.1) is 0 Å². The molecule has 0 aliphatic carbocycles. The molecule has 0 fully saturated rings. The first-order valence-corrected chi connectivity index (χ1v) is 11.3. The van der Waals surface area contributed by atoms with E-state index in [0.29, 0.717) is 11.6 Å². The number of benzene rings is 2. The van der Waals surface area contributed by atoms with E-state index in [1.165, 1.54) is 30.3 Å². The van der Waals surface area contributed by atoms with Crippen molar-refractivity contribution in [1.29, 1.82) is 0 Å². The highest BCUT2D eigenvalue weighted by Gasteiger charge is 2.23. The van der Waals surface area contributed by atoms with Crippen LogP contribution in [0.15, 0.2) is 35.3 Å². The molecule has 36 heavy (non-hydrogen) atoms. The van der Waals surface area contributed by atoms with Gasteiger partial charge < -0.3 is 41.7 Å². The number of rotatable bonds is 8. The molecular weight excluding hydrogens is 517 g/mol. The number of nitrogens with zero attached hydrogens (tertiary/aromatic N) is 1. The van der Waals surface area contributed by atoms with E-state index >= 15 is 0 Å². The lowest BCUT2D eigenvalue weighted by Crippen LogP contribution is -2.42. The van der Waals surface area contributed by atoms with Crippen molar-refractivity contribution in [3.05, 3.63) is 51.5 Å². The minimum absolute atomic E-state index is 0.00466. The number of halogens is 2. The SMILES string of the molecule is O=C(O)CC(NC(=O)CNC(=O)c1cc(O)cc(NC2=NC[C@H](O)CN2)c1)c1cc(Cl)cc(Cl)c1O. The zero-order valence-electron chi connectivity index (χ0n) is 18.6. The lowest BCUT2D eigenvalue weighted by molar-refractivity contribution is -0.137. The number of anilines is 1. The highest BCUT2D eigenvalue weighted by molar-refractivity contribution is 6.35. The Balaban J connectivity index is 1.66. The minimum atomic E-state index is -1.26. The van der Waals surface area contributed by atoms with E-state index in [1.54, 1.807) is 0 Å². The number of hydrogen-bond acceptors (Lipinski definition) is 9. The summed E-state index contributed by atoms with van der Waals surface area (Å²) in [7, 11) is 0. The van der Waals surface area contributed by atoms with Gasteiger partial charge in [-0.05, 0) is 24.3 Å². The van der Waals surface area contributed by atoms with Gasteiger partial charge in [-0.1, -0.05) is 23.2 Å². The van der Waals surface area contributed by atoms with Crippen LogP contribution in [0.1, 0.15) is 28.4 Å². The van der Waals surface area contributed by atoms with Crippen molar-refractivity contribution in [3.8, 4) is 11.5 Å². The normalized spacial score (nSPS) is 15.8. The monoisotopic (exact) mass is 539 g/mol. The molecule has 1 unspecified atom stereocenters. The third-order valence-corrected chi connectivity index (χ3v) is 5.47. The summed E-state index contributed by atoms with van der Waals surface area (Å²) in [4.78, 5) is 40.5. The second-order valence-electron chi connectivity index (χ2n) is 7.84. The van der Waals surface area contributed by atoms with Gasteiger partial charge in [0.25, 0.3) is 5.91 Å². The summed E-state index contributed by atoms with van der Waals surface area (Å²) >= 11 is 11.8. The number of guanidine groups is 1. The number of carbonyl (C=O) groups is 3. The summed E-state index contributed by atoms with van der Waals surface area (Å²) in [5.41, 5.74) is 0.371. The number of aliphatic hydroxyl groups is 1. The van der Waals surface area contributed by atoms with Gasteiger partial charge in [-0.2, -0.15) is 0 Å². The summed E-state index contributed by atoms with van der Waals surface area (Å²) in [6.07, 6.45) is -1.19. The van der Waals surface area contributed by atoms with Gasteiger partial charge >= 0.3 is 5.97 Å². The fourth-order valence-corrected chi connectivity index (χ4v) is 3.85. The molecule has 2 atom stereocenters. The van der Waals surface area contributed by atoms with Gasteiger partial charge in [-0.25, -0.2) is 0 Å². The van der Waals surface area contributed by atoms with E-state index in [0.717, 1.165) is 0 Å². The Kier molecular flexibility index (Phi) is 8.80. The Morgan fingerprint density at radius 1 is 1.14 bits per heavy atom. The molecule has 2 amide bonds. The highest BCUT2D eigenvalue weighted by atomic mass is 35.5. The first-order valence-electron chi connectivity index (χ1n) is 10.6. The fraction of sp³-hybridized carbons (Fsp3) is 0.273. The molecule has 8 N–H and O–H groups in total. The molecule has 3 rings (SSSR count). The molecule has 1 heterocycles. The van der Waals surface area contributed by atoms with E-state index in [-0.39, 0.29) is 40.0 Å². The molecule has 2 aromatic carbocycles. The lowest BCUT2D eigenvalue weighted by atomic mass is 10.0. The standard InChI is InChI=1S/C22H23Cl2N5O7/c23-11-3-15(20(35)16(24)4-11)17(6-19(33)34)29-18(32)9-25-21(36)10-1-12(5-13(30)2-10)28-22-26-7-14(31)8-27-22/h1-5,14,17,30-31,35H,6-9H2,(H,25,36)(H,29,32)(H,33,34)(H2,26,27,28). The predicted molar refractivity (Wildman–Crippen MR) is 132 cm³/mol. The highest BCUT2D eigenvalue weighted by Crippen LogP contribution is 2.36. The number of phenolic OH excluding ortho intramolecular Hbond substituents is 2. The van der Waals surface area contributed by atoms with Crippen LogP contribution in [0.3, 0.4) is 0 Å². The van der Waals surface area contributed by atoms with Gasteiger partial charge in [-0.3, -0.25) is 19.4 Å². The van der Waals surface area contributed by atoms with Crippen LogP contribution in [0, 0.1) is 0 Å². The average molecular weight is 540 g/mol. The molecule has 0 bridgehead atoms. The summed E-state index contributed by atoms with van der Waals surface area (Å²) in [6.45, 7) is -0.0532. The number of nitrogens with one attached hydrogen (secondary N) is 4. The fourth-order valence-electron chi connectivity index (χ4n) is 3.34. The summed E-state index contributed by atoms with van der Waals surface area (Å²) < 4.78 is 0. The molecule has 0 spiro atoms. The van der Waals surface area contributed by atoms with E-state index < -0.39 is 48.6 Å². The molecular formula is C22H23Cl2N5O7. The summed E-state index contributed by atoms with van der Waals surface area (Å²) in [5.74, 6) is -3.00. The van der Waals surface area contributed by atoms with Gasteiger partial charge in [0.1, 0.15) is 11.5 Å². The predicted octanol–water partition coefficient (Wildman–Crippen LogP) is 1.20. The van der Waals surface area contributed by atoms with Gasteiger partial charge in [0, 0.05) is 34.4 Å². The maximum absolute atomic E-state index is 12.6. The minimum Gasteiger partial charge on any atom is -0.508 e. The van der Waals surface area contributed by atoms with E-state index in [9.17, 15) is 34.8 Å². The Hall–Kier alpha value is -3.74. The van der Waals surface area contributed by atoms with Crippen LogP contribution < -0.4 is 21.3 Å².